The monoisotopic (exact) mass is 1670 g/mol. The van der Waals surface area contributed by atoms with Crippen LogP contribution in [0, 0.1) is 27.7 Å². The third-order valence-electron chi connectivity index (χ3n) is 22.2. The van der Waals surface area contributed by atoms with E-state index in [0.29, 0.717) is 63.5 Å². The molecule has 1 fully saturated rings. The number of benzene rings is 8. The van der Waals surface area contributed by atoms with Gasteiger partial charge < -0.3 is 45.5 Å². The number of halogens is 1. The van der Waals surface area contributed by atoms with Crippen molar-refractivity contribution in [3.05, 3.63) is 342 Å². The summed E-state index contributed by atoms with van der Waals surface area (Å²) in [5.41, 5.74) is 14.7. The first kappa shape index (κ1) is 82.1. The predicted octanol–water partition coefficient (Wildman–Crippen LogP) is 18.0. The van der Waals surface area contributed by atoms with Crippen molar-refractivity contribution in [3.8, 4) is 17.1 Å². The van der Waals surface area contributed by atoms with Crippen LogP contribution in [-0.4, -0.2) is 101 Å². The van der Waals surface area contributed by atoms with Gasteiger partial charge in [0.25, 0.3) is 22.2 Å². The highest BCUT2D eigenvalue weighted by atomic mass is 35.5. The minimum absolute atomic E-state index is 0. The van der Waals surface area contributed by atoms with Gasteiger partial charge in [0.1, 0.15) is 47.7 Å². The Labute approximate surface area is 716 Å². The summed E-state index contributed by atoms with van der Waals surface area (Å²) in [6, 6.07) is 66.2. The summed E-state index contributed by atoms with van der Waals surface area (Å²) in [7, 11) is 0. The summed E-state index contributed by atoms with van der Waals surface area (Å²) in [6.07, 6.45) is 12.4. The number of aryl methyl sites for hydroxylation is 4. The molecule has 27 nitrogen and oxygen atoms in total. The first-order valence-electron chi connectivity index (χ1n) is 40.2. The second-order valence-electron chi connectivity index (χ2n) is 30.2. The number of ether oxygens (including phenoxy) is 1. The van der Waals surface area contributed by atoms with Crippen LogP contribution in [0.5, 0.6) is 0 Å². The van der Waals surface area contributed by atoms with Gasteiger partial charge in [-0.15, -0.1) is 0 Å². The maximum absolute atomic E-state index is 13.7. The van der Waals surface area contributed by atoms with Gasteiger partial charge in [0.2, 0.25) is 0 Å². The number of aromatic nitrogens is 18. The van der Waals surface area contributed by atoms with Crippen LogP contribution in [0.3, 0.4) is 0 Å². The maximum Gasteiger partial charge on any atom is 0.264 e. The van der Waals surface area contributed by atoms with E-state index >= 15 is 0 Å². The van der Waals surface area contributed by atoms with E-state index in [4.69, 9.17) is 16.3 Å². The molecule has 123 heavy (non-hydrogen) atoms. The molecule has 11 aromatic heterocycles. The lowest BCUT2D eigenvalue weighted by atomic mass is 10.0. The number of aromatic amines is 3. The molecule has 616 valence electrons. The standard InChI is InChI=1S/C26H22N4O.C24H22N6O.C22H17ClN6O.C22H24N6O2.H2S/c1-17-9-8-10-19-15-23(30(26(31)24(17)19)20-11-4-3-5-12-20)18(2)29-25-21-13-6-7-14-22(21)27-16-28-25;1-14-7-9-18(10-8-14)30-19(11-17-6-4-5-15(2)20(17)24(30)31)16(3)29-23-21-22(26-12-25-21)27-13-28-23;1-13(28-21-19-20(25-11-24-19)26-12-27-21)17-10-14-6-5-9-16(23)18(14)22(30)29(17)15-7-3-2-4-8-15;1-13-4-3-5-15-10-17(28(22(29)18(13)15)16-6-8-30-9-7-16)14(2)27-21-19-20(24-11-23-19)25-12-26-21;/h3-16,18H,1-2H3,(H,27,28,29);4-13,16H,1-3H3,(H2,25,26,27,28,29);2-13H,1H3,(H2,24,25,26,27,28);3-5,10-12,14,16H,6-9H2,1-2H3,(H2,23,24,25,26,27);1H2/t18-;16-;;;/m00.../s1. The third-order valence-corrected chi connectivity index (χ3v) is 22.5. The molecular weight excluding hydrogens is 1580 g/mol. The normalized spacial score (nSPS) is 13.1. The molecule has 0 spiro atoms. The van der Waals surface area contributed by atoms with Crippen LogP contribution in [0.1, 0.15) is 116 Å². The van der Waals surface area contributed by atoms with Crippen molar-refractivity contribution in [2.45, 2.75) is 98.4 Å². The number of para-hydroxylation sites is 3. The molecule has 1 saturated heterocycles. The summed E-state index contributed by atoms with van der Waals surface area (Å²) in [5, 5.41) is 21.5. The van der Waals surface area contributed by atoms with Gasteiger partial charge in [-0.25, -0.2) is 54.8 Å². The van der Waals surface area contributed by atoms with Crippen LogP contribution in [0.25, 0.3) is 105 Å². The predicted molar refractivity (Wildman–Crippen MR) is 493 cm³/mol. The average Bonchev–Trinajstić information content (AvgIpc) is 1.59. The fourth-order valence-electron chi connectivity index (χ4n) is 16.1. The van der Waals surface area contributed by atoms with E-state index in [2.05, 4.69) is 116 Å². The quantitative estimate of drug-likeness (QED) is 0.0472. The van der Waals surface area contributed by atoms with Gasteiger partial charge in [0, 0.05) is 64.5 Å². The lowest BCUT2D eigenvalue weighted by molar-refractivity contribution is 0.0678. The van der Waals surface area contributed by atoms with Crippen molar-refractivity contribution in [2.75, 3.05) is 34.5 Å². The number of anilines is 4. The fourth-order valence-corrected chi connectivity index (χ4v) is 16.4. The number of pyridine rings is 4. The SMILES string of the molecule is CC(Nc1ncnc2nc[nH]c12)c1cc2cccc(Cl)c2c(=O)n1-c1ccccc1.Cc1ccc(-n2c([C@H](C)Nc3ncnc4nc[nH]c34)cc3cccc(C)c3c2=O)cc1.Cc1cccc2cc(C(C)Nc3ncnc4nc[nH]c34)n(C3CCOCC3)c(=O)c12.Cc1cccc2cc([C@H](C)Nc3ncnc4ccccc34)n(-c3ccccc3)c(=O)c12.S. The van der Waals surface area contributed by atoms with E-state index in [0.717, 1.165) is 140 Å². The Balaban J connectivity index is 0.000000121. The van der Waals surface area contributed by atoms with Gasteiger partial charge >= 0.3 is 0 Å². The number of H-pyrrole nitrogens is 3. The number of nitrogens with one attached hydrogen (secondary N) is 7. The van der Waals surface area contributed by atoms with Crippen molar-refractivity contribution < 1.29 is 4.74 Å². The summed E-state index contributed by atoms with van der Waals surface area (Å²) < 4.78 is 12.8. The zero-order valence-corrected chi connectivity index (χ0v) is 70.3. The molecule has 4 atom stereocenters. The Morgan fingerprint density at radius 2 is 0.732 bits per heavy atom. The lowest BCUT2D eigenvalue weighted by Gasteiger charge is -2.30. The Bertz CT molecular complexity index is 7370. The third kappa shape index (κ3) is 16.6. The summed E-state index contributed by atoms with van der Waals surface area (Å²) in [5.74, 6) is 2.67. The maximum atomic E-state index is 13.7. The molecule has 2 unspecified atom stereocenters. The van der Waals surface area contributed by atoms with Crippen LogP contribution < -0.4 is 43.5 Å². The number of hydrogen-bond acceptors (Lipinski definition) is 20. The van der Waals surface area contributed by atoms with E-state index < -0.39 is 0 Å². The average molecular weight is 1670 g/mol. The van der Waals surface area contributed by atoms with Gasteiger partial charge in [0.05, 0.1) is 75.2 Å². The largest absolute Gasteiger partial charge is 0.381 e. The molecule has 0 bridgehead atoms. The van der Waals surface area contributed by atoms with Crippen LogP contribution >= 0.6 is 25.1 Å². The molecular formula is C94H87ClN22O5S. The van der Waals surface area contributed by atoms with Gasteiger partial charge in [-0.05, 0) is 185 Å². The summed E-state index contributed by atoms with van der Waals surface area (Å²) in [4.78, 5) is 111. The van der Waals surface area contributed by atoms with E-state index in [1.807, 2.05) is 235 Å². The van der Waals surface area contributed by atoms with Crippen molar-refractivity contribution in [2.24, 2.45) is 0 Å². The van der Waals surface area contributed by atoms with Crippen LogP contribution in [0.4, 0.5) is 23.3 Å². The number of imidazole rings is 3. The highest BCUT2D eigenvalue weighted by Crippen LogP contribution is 2.35. The van der Waals surface area contributed by atoms with Crippen molar-refractivity contribution in [3.63, 3.8) is 0 Å². The minimum atomic E-state index is -0.248. The van der Waals surface area contributed by atoms with E-state index in [9.17, 15) is 19.2 Å². The molecule has 0 aliphatic carbocycles. The van der Waals surface area contributed by atoms with Crippen molar-refractivity contribution in [1.29, 1.82) is 0 Å². The van der Waals surface area contributed by atoms with Crippen LogP contribution in [-0.2, 0) is 4.74 Å². The Morgan fingerprint density at radius 3 is 1.19 bits per heavy atom. The van der Waals surface area contributed by atoms with Gasteiger partial charge in [-0.1, -0.05) is 145 Å². The number of hydrogen-bond donors (Lipinski definition) is 7. The molecule has 20 rings (SSSR count). The van der Waals surface area contributed by atoms with E-state index in [-0.39, 0.29) is 65.9 Å². The van der Waals surface area contributed by atoms with Crippen molar-refractivity contribution >= 4 is 136 Å². The first-order chi connectivity index (χ1) is 59.4. The molecule has 1 aliphatic rings. The Kier molecular flexibility index (Phi) is 23.9. The molecule has 7 N–H and O–H groups in total. The molecule has 0 saturated carbocycles. The molecule has 0 radical (unpaired) electrons. The molecule has 12 heterocycles. The number of nitrogens with zero attached hydrogens (tertiary/aromatic N) is 15. The lowest BCUT2D eigenvalue weighted by Crippen LogP contribution is -2.33. The van der Waals surface area contributed by atoms with Gasteiger partial charge in [-0.2, -0.15) is 13.5 Å². The topological polar surface area (TPSA) is 335 Å². The van der Waals surface area contributed by atoms with Crippen LogP contribution in [0.15, 0.2) is 270 Å². The highest BCUT2D eigenvalue weighted by Gasteiger charge is 2.27. The summed E-state index contributed by atoms with van der Waals surface area (Å²) >= 11 is 6.38. The summed E-state index contributed by atoms with van der Waals surface area (Å²) in [6.45, 7) is 17.4. The molecule has 19 aromatic rings. The zero-order chi connectivity index (χ0) is 84.2. The van der Waals surface area contributed by atoms with E-state index in [1.54, 1.807) is 45.1 Å². The zero-order valence-electron chi connectivity index (χ0n) is 68.5. The second kappa shape index (κ2) is 35.8. The number of fused-ring (bicyclic) bond motifs is 8. The number of rotatable bonds is 16. The van der Waals surface area contributed by atoms with Crippen LogP contribution in [0.2, 0.25) is 5.02 Å². The van der Waals surface area contributed by atoms with Gasteiger partial charge in [0.15, 0.2) is 34.4 Å². The first-order valence-corrected chi connectivity index (χ1v) is 40.5. The molecule has 8 aromatic carbocycles. The smallest absolute Gasteiger partial charge is 0.264 e. The highest BCUT2D eigenvalue weighted by molar-refractivity contribution is 7.59. The Morgan fingerprint density at radius 1 is 0.374 bits per heavy atom. The molecule has 29 heteroatoms. The minimum Gasteiger partial charge on any atom is -0.381 e. The molecule has 0 amide bonds. The Hall–Kier alpha value is -14.6. The van der Waals surface area contributed by atoms with Crippen molar-refractivity contribution in [1.82, 2.24) is 88.0 Å². The second-order valence-corrected chi connectivity index (χ2v) is 30.6. The van der Waals surface area contributed by atoms with E-state index in [1.165, 1.54) is 19.0 Å². The molecule has 1 aliphatic heterocycles. The van der Waals surface area contributed by atoms with Gasteiger partial charge in [-0.3, -0.25) is 32.9 Å². The fraction of sp³-hybridized carbons (Fsp3) is 0.181.